The van der Waals surface area contributed by atoms with Crippen LogP contribution in [-0.2, 0) is 0 Å². The number of hydrogen-bond donors (Lipinski definition) is 0. The van der Waals surface area contributed by atoms with Crippen molar-refractivity contribution in [1.29, 1.82) is 5.26 Å². The van der Waals surface area contributed by atoms with Crippen LogP contribution in [0.4, 0.5) is 8.78 Å². The minimum Gasteiger partial charge on any atom is -0.494 e. The highest BCUT2D eigenvalue weighted by Crippen LogP contribution is 2.23. The van der Waals surface area contributed by atoms with Crippen molar-refractivity contribution >= 4 is 6.08 Å². The maximum Gasteiger partial charge on any atom is 0.175 e. The van der Waals surface area contributed by atoms with Crippen molar-refractivity contribution < 1.29 is 13.5 Å². The molecule has 2 nitrogen and oxygen atoms in total. The Morgan fingerprint density at radius 3 is 2.71 bits per heavy atom. The topological polar surface area (TPSA) is 33.0 Å². The monoisotopic (exact) mass is 195 g/mol. The summed E-state index contributed by atoms with van der Waals surface area (Å²) in [6, 6.07) is 3.92. The van der Waals surface area contributed by atoms with Gasteiger partial charge in [0.05, 0.1) is 18.7 Å². The van der Waals surface area contributed by atoms with Crippen LogP contribution in [0, 0.1) is 23.0 Å². The predicted molar refractivity (Wildman–Crippen MR) is 47.6 cm³/mol. The quantitative estimate of drug-likeness (QED) is 0.679. The third-order valence-corrected chi connectivity index (χ3v) is 1.64. The van der Waals surface area contributed by atoms with E-state index in [-0.39, 0.29) is 11.3 Å². The van der Waals surface area contributed by atoms with Gasteiger partial charge in [-0.2, -0.15) is 5.26 Å². The minimum absolute atomic E-state index is 0.0519. The maximum absolute atomic E-state index is 13.3. The standard InChI is InChI=1S/C10H7F2NO/c1-14-9-5-4-8(11)7(10(9)12)3-2-6-13/h2-5H,1H3. The number of methoxy groups -OCH3 is 1. The second-order valence-electron chi connectivity index (χ2n) is 2.44. The molecule has 0 N–H and O–H groups in total. The molecule has 0 aromatic heterocycles. The third-order valence-electron chi connectivity index (χ3n) is 1.64. The Bertz CT molecular complexity index is 407. The van der Waals surface area contributed by atoms with Crippen LogP contribution in [0.15, 0.2) is 18.2 Å². The molecule has 0 spiro atoms. The van der Waals surface area contributed by atoms with Gasteiger partial charge in [0.2, 0.25) is 0 Å². The first-order chi connectivity index (χ1) is 6.70. The number of rotatable bonds is 2. The van der Waals surface area contributed by atoms with Crippen LogP contribution >= 0.6 is 0 Å². The summed E-state index contributed by atoms with van der Waals surface area (Å²) < 4.78 is 31.0. The van der Waals surface area contributed by atoms with Gasteiger partial charge in [-0.25, -0.2) is 8.78 Å². The summed E-state index contributed by atoms with van der Waals surface area (Å²) in [5, 5.41) is 8.22. The fourth-order valence-corrected chi connectivity index (χ4v) is 0.980. The molecular weight excluding hydrogens is 188 g/mol. The van der Waals surface area contributed by atoms with Gasteiger partial charge in [-0.05, 0) is 18.2 Å². The van der Waals surface area contributed by atoms with Crippen molar-refractivity contribution in [3.05, 3.63) is 35.4 Å². The highest BCUT2D eigenvalue weighted by molar-refractivity contribution is 5.55. The Labute approximate surface area is 80.0 Å². The summed E-state index contributed by atoms with van der Waals surface area (Å²) in [5.74, 6) is -1.59. The van der Waals surface area contributed by atoms with Crippen LogP contribution in [0.25, 0.3) is 6.08 Å². The molecule has 14 heavy (non-hydrogen) atoms. The van der Waals surface area contributed by atoms with E-state index >= 15 is 0 Å². The third kappa shape index (κ3) is 1.88. The van der Waals surface area contributed by atoms with Crippen molar-refractivity contribution in [3.8, 4) is 11.8 Å². The summed E-state index contributed by atoms with van der Waals surface area (Å²) >= 11 is 0. The molecule has 0 aliphatic carbocycles. The van der Waals surface area contributed by atoms with Gasteiger partial charge in [0.15, 0.2) is 11.6 Å². The Morgan fingerprint density at radius 1 is 1.43 bits per heavy atom. The van der Waals surface area contributed by atoms with Gasteiger partial charge in [-0.1, -0.05) is 0 Å². The molecule has 0 bridgehead atoms. The van der Waals surface area contributed by atoms with Crippen LogP contribution in [0.5, 0.6) is 5.75 Å². The van der Waals surface area contributed by atoms with Gasteiger partial charge in [0, 0.05) is 6.08 Å². The molecule has 1 aromatic carbocycles. The second-order valence-corrected chi connectivity index (χ2v) is 2.44. The maximum atomic E-state index is 13.3. The fourth-order valence-electron chi connectivity index (χ4n) is 0.980. The van der Waals surface area contributed by atoms with Gasteiger partial charge in [0.25, 0.3) is 0 Å². The molecule has 0 saturated heterocycles. The minimum atomic E-state index is -0.806. The summed E-state index contributed by atoms with van der Waals surface area (Å²) in [6.45, 7) is 0. The lowest BCUT2D eigenvalue weighted by Crippen LogP contribution is -1.94. The van der Waals surface area contributed by atoms with E-state index < -0.39 is 11.6 Å². The Hall–Kier alpha value is -1.89. The van der Waals surface area contributed by atoms with Gasteiger partial charge in [0.1, 0.15) is 5.82 Å². The summed E-state index contributed by atoms with van der Waals surface area (Å²) in [4.78, 5) is 0. The van der Waals surface area contributed by atoms with Crippen molar-refractivity contribution in [2.45, 2.75) is 0 Å². The number of nitrogens with zero attached hydrogens (tertiary/aromatic N) is 1. The second kappa shape index (κ2) is 4.38. The summed E-state index contributed by atoms with van der Waals surface area (Å²) in [6.07, 6.45) is 2.06. The molecule has 0 unspecified atom stereocenters. The summed E-state index contributed by atoms with van der Waals surface area (Å²) in [7, 11) is 1.29. The first-order valence-corrected chi connectivity index (χ1v) is 3.79. The van der Waals surface area contributed by atoms with Gasteiger partial charge in [-0.15, -0.1) is 0 Å². The lowest BCUT2D eigenvalue weighted by atomic mass is 10.1. The first-order valence-electron chi connectivity index (χ1n) is 3.79. The zero-order chi connectivity index (χ0) is 10.6. The van der Waals surface area contributed by atoms with E-state index in [0.717, 1.165) is 18.2 Å². The number of ether oxygens (including phenoxy) is 1. The molecule has 1 rings (SSSR count). The molecule has 0 radical (unpaired) electrons. The number of benzene rings is 1. The van der Waals surface area contributed by atoms with Crippen LogP contribution in [0.2, 0.25) is 0 Å². The van der Waals surface area contributed by atoms with E-state index in [2.05, 4.69) is 4.74 Å². The molecule has 0 aliphatic rings. The number of nitriles is 1. The van der Waals surface area contributed by atoms with Crippen LogP contribution in [-0.4, -0.2) is 7.11 Å². The average molecular weight is 195 g/mol. The number of hydrogen-bond acceptors (Lipinski definition) is 2. The molecule has 4 heteroatoms. The van der Waals surface area contributed by atoms with E-state index in [1.165, 1.54) is 13.2 Å². The van der Waals surface area contributed by atoms with E-state index in [9.17, 15) is 8.78 Å². The average Bonchev–Trinajstić information content (AvgIpc) is 2.18. The smallest absolute Gasteiger partial charge is 0.175 e. The lowest BCUT2D eigenvalue weighted by molar-refractivity contribution is 0.383. The normalized spacial score (nSPS) is 10.1. The van der Waals surface area contributed by atoms with Gasteiger partial charge < -0.3 is 4.74 Å². The Balaban J connectivity index is 3.26. The van der Waals surface area contributed by atoms with E-state index in [4.69, 9.17) is 5.26 Å². The van der Waals surface area contributed by atoms with Crippen molar-refractivity contribution in [2.75, 3.05) is 7.11 Å². The van der Waals surface area contributed by atoms with E-state index in [0.29, 0.717) is 0 Å². The molecule has 0 amide bonds. The molecule has 0 atom stereocenters. The molecule has 0 fully saturated rings. The Kier molecular flexibility index (Phi) is 3.19. The molecular formula is C10H7F2NO. The Morgan fingerprint density at radius 2 is 2.14 bits per heavy atom. The van der Waals surface area contributed by atoms with Gasteiger partial charge >= 0.3 is 0 Å². The van der Waals surface area contributed by atoms with E-state index in [1.54, 1.807) is 6.07 Å². The van der Waals surface area contributed by atoms with Crippen molar-refractivity contribution in [1.82, 2.24) is 0 Å². The van der Waals surface area contributed by atoms with Gasteiger partial charge in [-0.3, -0.25) is 0 Å². The highest BCUT2D eigenvalue weighted by atomic mass is 19.1. The molecule has 1 aromatic rings. The predicted octanol–water partition coefficient (Wildman–Crippen LogP) is 2.51. The highest BCUT2D eigenvalue weighted by Gasteiger charge is 2.11. The van der Waals surface area contributed by atoms with Crippen LogP contribution in [0.1, 0.15) is 5.56 Å². The van der Waals surface area contributed by atoms with Crippen LogP contribution in [0.3, 0.4) is 0 Å². The zero-order valence-corrected chi connectivity index (χ0v) is 7.42. The lowest BCUT2D eigenvalue weighted by Gasteiger charge is -2.04. The molecule has 72 valence electrons. The van der Waals surface area contributed by atoms with Crippen LogP contribution < -0.4 is 4.74 Å². The zero-order valence-electron chi connectivity index (χ0n) is 7.42. The molecule has 0 heterocycles. The SMILES string of the molecule is COc1ccc(F)c(C=CC#N)c1F. The fraction of sp³-hybridized carbons (Fsp3) is 0.100. The number of allylic oxidation sites excluding steroid dienone is 1. The molecule has 0 saturated carbocycles. The largest absolute Gasteiger partial charge is 0.494 e. The van der Waals surface area contributed by atoms with Crippen molar-refractivity contribution in [3.63, 3.8) is 0 Å². The summed E-state index contributed by atoms with van der Waals surface area (Å²) in [5.41, 5.74) is -0.272. The van der Waals surface area contributed by atoms with Crippen molar-refractivity contribution in [2.24, 2.45) is 0 Å². The first kappa shape index (κ1) is 10.2. The number of halogens is 2. The van der Waals surface area contributed by atoms with E-state index in [1.807, 2.05) is 0 Å². The molecule has 0 aliphatic heterocycles.